The van der Waals surface area contributed by atoms with Crippen LogP contribution in [0.3, 0.4) is 0 Å². The number of hydrogen-bond acceptors (Lipinski definition) is 5. The van der Waals surface area contributed by atoms with Gasteiger partial charge in [-0.2, -0.15) is 5.11 Å². The normalized spacial score (nSPS) is 11.1. The fraction of sp³-hybridized carbons (Fsp3) is 0.118. The molecule has 0 saturated carbocycles. The molecule has 1 N–H and O–H groups in total. The van der Waals surface area contributed by atoms with Crippen LogP contribution in [0.5, 0.6) is 0 Å². The molecule has 0 saturated heterocycles. The Bertz CT molecular complexity index is 998. The average Bonchev–Trinajstić information content (AvgIpc) is 2.89. The molecule has 2 aromatic carbocycles. The van der Waals surface area contributed by atoms with Crippen molar-refractivity contribution in [3.8, 4) is 5.69 Å². The quantitative estimate of drug-likeness (QED) is 0.440. The lowest BCUT2D eigenvalue weighted by atomic mass is 10.2. The Kier molecular flexibility index (Phi) is 4.25. The van der Waals surface area contributed by atoms with Crippen molar-refractivity contribution in [1.29, 1.82) is 0 Å². The van der Waals surface area contributed by atoms with E-state index in [2.05, 4.69) is 15.3 Å². The fourth-order valence-corrected chi connectivity index (χ4v) is 2.28. The summed E-state index contributed by atoms with van der Waals surface area (Å²) in [5.41, 5.74) is 2.57. The van der Waals surface area contributed by atoms with Crippen molar-refractivity contribution in [2.45, 2.75) is 13.8 Å². The number of non-ortho nitro benzene ring substituents is 1. The summed E-state index contributed by atoms with van der Waals surface area (Å²) in [6, 6.07) is 13.1. The van der Waals surface area contributed by atoms with Gasteiger partial charge < -0.3 is 0 Å². The first-order chi connectivity index (χ1) is 12.0. The lowest BCUT2D eigenvalue weighted by Gasteiger charge is -2.00. The first-order valence-corrected chi connectivity index (χ1v) is 7.50. The Balaban J connectivity index is 1.94. The molecule has 3 rings (SSSR count). The maximum absolute atomic E-state index is 12.5. The van der Waals surface area contributed by atoms with E-state index in [0.717, 1.165) is 5.56 Å². The summed E-state index contributed by atoms with van der Waals surface area (Å²) in [5.74, 6) is 0. The molecule has 0 unspecified atom stereocenters. The zero-order chi connectivity index (χ0) is 18.0. The number of azo groups is 1. The first-order valence-electron chi connectivity index (χ1n) is 7.50. The van der Waals surface area contributed by atoms with E-state index in [0.29, 0.717) is 17.1 Å². The van der Waals surface area contributed by atoms with E-state index >= 15 is 0 Å². The topological polar surface area (TPSA) is 106 Å². The second-order valence-corrected chi connectivity index (χ2v) is 5.54. The molecule has 0 bridgehead atoms. The third kappa shape index (κ3) is 3.37. The van der Waals surface area contributed by atoms with E-state index in [1.165, 1.54) is 28.9 Å². The monoisotopic (exact) mass is 337 g/mol. The van der Waals surface area contributed by atoms with Gasteiger partial charge in [-0.05, 0) is 38.1 Å². The molecular formula is C17H15N5O3. The molecule has 1 heterocycles. The van der Waals surface area contributed by atoms with E-state index in [9.17, 15) is 14.9 Å². The summed E-state index contributed by atoms with van der Waals surface area (Å²) in [6.07, 6.45) is 0. The minimum Gasteiger partial charge on any atom is -0.293 e. The van der Waals surface area contributed by atoms with E-state index in [4.69, 9.17) is 0 Å². The number of rotatable bonds is 4. The van der Waals surface area contributed by atoms with Gasteiger partial charge in [0.25, 0.3) is 11.2 Å². The number of H-pyrrole nitrogens is 1. The molecule has 8 heteroatoms. The number of nitro groups is 1. The van der Waals surface area contributed by atoms with E-state index in [-0.39, 0.29) is 16.9 Å². The second-order valence-electron chi connectivity index (χ2n) is 5.54. The Hall–Kier alpha value is -3.55. The van der Waals surface area contributed by atoms with Crippen molar-refractivity contribution in [1.82, 2.24) is 9.78 Å². The zero-order valence-corrected chi connectivity index (χ0v) is 13.6. The SMILES string of the molecule is Cc1ccc(N=Nc2c(C)[nH]n(-c3ccc([N+](=O)[O-])cc3)c2=O)cc1. The Labute approximate surface area is 142 Å². The summed E-state index contributed by atoms with van der Waals surface area (Å²) in [7, 11) is 0. The van der Waals surface area contributed by atoms with Gasteiger partial charge in [-0.25, -0.2) is 4.68 Å². The number of benzene rings is 2. The maximum atomic E-state index is 12.5. The van der Waals surface area contributed by atoms with Crippen LogP contribution in [0.1, 0.15) is 11.3 Å². The van der Waals surface area contributed by atoms with Crippen LogP contribution in [0.4, 0.5) is 17.1 Å². The number of aromatic nitrogens is 2. The molecule has 1 aromatic heterocycles. The van der Waals surface area contributed by atoms with Crippen LogP contribution in [-0.2, 0) is 0 Å². The standard InChI is InChI=1S/C17H15N5O3/c1-11-3-5-13(6-4-11)18-19-16-12(2)20-21(17(16)23)14-7-9-15(10-8-14)22(24)25/h3-10,20H,1-2H3. The Morgan fingerprint density at radius 2 is 1.64 bits per heavy atom. The van der Waals surface area contributed by atoms with Crippen LogP contribution in [0.2, 0.25) is 0 Å². The van der Waals surface area contributed by atoms with Crippen LogP contribution in [0.15, 0.2) is 63.6 Å². The van der Waals surface area contributed by atoms with Gasteiger partial charge in [0.05, 0.1) is 22.0 Å². The van der Waals surface area contributed by atoms with Gasteiger partial charge in [0.1, 0.15) is 0 Å². The van der Waals surface area contributed by atoms with E-state index in [1.54, 1.807) is 6.92 Å². The number of aryl methyl sites for hydroxylation is 2. The summed E-state index contributed by atoms with van der Waals surface area (Å²) in [5, 5.41) is 21.8. The summed E-state index contributed by atoms with van der Waals surface area (Å²) in [6.45, 7) is 3.69. The molecule has 0 spiro atoms. The molecule has 25 heavy (non-hydrogen) atoms. The predicted octanol–water partition coefficient (Wildman–Crippen LogP) is 4.11. The average molecular weight is 337 g/mol. The molecule has 0 fully saturated rings. The highest BCUT2D eigenvalue weighted by Gasteiger charge is 2.13. The fourth-order valence-electron chi connectivity index (χ4n) is 2.28. The smallest absolute Gasteiger partial charge is 0.293 e. The number of nitrogens with one attached hydrogen (secondary N) is 1. The molecule has 0 amide bonds. The Morgan fingerprint density at radius 1 is 1.00 bits per heavy atom. The van der Waals surface area contributed by atoms with E-state index in [1.807, 2.05) is 31.2 Å². The van der Waals surface area contributed by atoms with Gasteiger partial charge in [-0.15, -0.1) is 5.11 Å². The van der Waals surface area contributed by atoms with E-state index < -0.39 is 4.92 Å². The summed E-state index contributed by atoms with van der Waals surface area (Å²) >= 11 is 0. The molecule has 3 aromatic rings. The highest BCUT2D eigenvalue weighted by Crippen LogP contribution is 2.20. The molecule has 0 aliphatic rings. The first kappa shape index (κ1) is 16.3. The summed E-state index contributed by atoms with van der Waals surface area (Å²) < 4.78 is 1.28. The Morgan fingerprint density at radius 3 is 2.24 bits per heavy atom. The third-order valence-corrected chi connectivity index (χ3v) is 3.66. The van der Waals surface area contributed by atoms with Crippen molar-refractivity contribution < 1.29 is 4.92 Å². The minimum atomic E-state index is -0.492. The molecular weight excluding hydrogens is 322 g/mol. The molecule has 0 atom stereocenters. The van der Waals surface area contributed by atoms with Crippen molar-refractivity contribution in [2.75, 3.05) is 0 Å². The molecule has 0 aliphatic carbocycles. The third-order valence-electron chi connectivity index (χ3n) is 3.66. The van der Waals surface area contributed by atoms with Gasteiger partial charge in [0.2, 0.25) is 0 Å². The van der Waals surface area contributed by atoms with Gasteiger partial charge in [-0.1, -0.05) is 17.7 Å². The van der Waals surface area contributed by atoms with Gasteiger partial charge in [-0.3, -0.25) is 20.0 Å². The number of nitrogens with zero attached hydrogens (tertiary/aromatic N) is 4. The van der Waals surface area contributed by atoms with Crippen molar-refractivity contribution in [2.24, 2.45) is 10.2 Å². The molecule has 8 nitrogen and oxygen atoms in total. The van der Waals surface area contributed by atoms with Crippen molar-refractivity contribution in [3.05, 3.63) is 80.3 Å². The second kappa shape index (κ2) is 6.52. The van der Waals surface area contributed by atoms with Crippen LogP contribution in [-0.4, -0.2) is 14.7 Å². The van der Waals surface area contributed by atoms with Crippen LogP contribution < -0.4 is 5.56 Å². The van der Waals surface area contributed by atoms with Crippen LogP contribution >= 0.6 is 0 Å². The lowest BCUT2D eigenvalue weighted by molar-refractivity contribution is -0.384. The largest absolute Gasteiger partial charge is 0.299 e. The number of hydrogen-bond donors (Lipinski definition) is 1. The number of aromatic amines is 1. The predicted molar refractivity (Wildman–Crippen MR) is 93.1 cm³/mol. The van der Waals surface area contributed by atoms with Gasteiger partial charge in [0, 0.05) is 12.1 Å². The molecule has 126 valence electrons. The summed E-state index contributed by atoms with van der Waals surface area (Å²) in [4.78, 5) is 22.8. The van der Waals surface area contributed by atoms with Crippen molar-refractivity contribution in [3.63, 3.8) is 0 Å². The maximum Gasteiger partial charge on any atom is 0.299 e. The molecule has 0 radical (unpaired) electrons. The van der Waals surface area contributed by atoms with Crippen LogP contribution in [0, 0.1) is 24.0 Å². The number of nitro benzene ring substituents is 1. The van der Waals surface area contributed by atoms with Gasteiger partial charge >= 0.3 is 0 Å². The van der Waals surface area contributed by atoms with Gasteiger partial charge in [0.15, 0.2) is 5.69 Å². The molecule has 0 aliphatic heterocycles. The van der Waals surface area contributed by atoms with Crippen LogP contribution in [0.25, 0.3) is 5.69 Å². The lowest BCUT2D eigenvalue weighted by Crippen LogP contribution is -2.13. The van der Waals surface area contributed by atoms with Crippen molar-refractivity contribution >= 4 is 17.1 Å². The minimum absolute atomic E-state index is 0.0423. The highest BCUT2D eigenvalue weighted by molar-refractivity contribution is 5.46. The zero-order valence-electron chi connectivity index (χ0n) is 13.6. The highest BCUT2D eigenvalue weighted by atomic mass is 16.6.